The lowest BCUT2D eigenvalue weighted by atomic mass is 9.95. The summed E-state index contributed by atoms with van der Waals surface area (Å²) in [7, 11) is 1.40. The number of benzene rings is 1. The fourth-order valence-electron chi connectivity index (χ4n) is 2.23. The molecule has 6 nitrogen and oxygen atoms in total. The van der Waals surface area contributed by atoms with E-state index in [-0.39, 0.29) is 22.8 Å². The molecule has 6 heteroatoms. The van der Waals surface area contributed by atoms with E-state index in [0.717, 1.165) is 6.42 Å². The highest BCUT2D eigenvalue weighted by atomic mass is 16.5. The number of nitriles is 2. The largest absolute Gasteiger partial charge is 0.493 e. The Morgan fingerprint density at radius 2 is 1.87 bits per heavy atom. The van der Waals surface area contributed by atoms with Crippen molar-refractivity contribution in [1.29, 1.82) is 10.5 Å². The van der Waals surface area contributed by atoms with Crippen LogP contribution in [0.3, 0.4) is 0 Å². The van der Waals surface area contributed by atoms with Gasteiger partial charge in [-0.3, -0.25) is 0 Å². The first-order valence-electron chi connectivity index (χ1n) is 7.07. The molecule has 0 spiro atoms. The van der Waals surface area contributed by atoms with Crippen molar-refractivity contribution in [2.75, 3.05) is 19.5 Å². The van der Waals surface area contributed by atoms with Crippen molar-refractivity contribution >= 4 is 5.82 Å². The number of rotatable bonds is 5. The Morgan fingerprint density at radius 3 is 2.48 bits per heavy atom. The van der Waals surface area contributed by atoms with Crippen LogP contribution < -0.4 is 15.2 Å². The third-order valence-electron chi connectivity index (χ3n) is 3.23. The molecule has 2 aromatic rings. The Kier molecular flexibility index (Phi) is 5.01. The molecule has 0 amide bonds. The molecule has 0 unspecified atom stereocenters. The second kappa shape index (κ2) is 7.15. The molecular weight excluding hydrogens is 292 g/mol. The fourth-order valence-corrected chi connectivity index (χ4v) is 2.23. The highest BCUT2D eigenvalue weighted by Gasteiger charge is 2.22. The van der Waals surface area contributed by atoms with Crippen LogP contribution in [0.2, 0.25) is 0 Å². The molecule has 0 fully saturated rings. The molecule has 23 heavy (non-hydrogen) atoms. The number of ether oxygens (including phenoxy) is 2. The summed E-state index contributed by atoms with van der Waals surface area (Å²) in [4.78, 5) is 3.98. The molecule has 0 aliphatic carbocycles. The van der Waals surface area contributed by atoms with Crippen molar-refractivity contribution < 1.29 is 9.47 Å². The van der Waals surface area contributed by atoms with E-state index >= 15 is 0 Å². The molecule has 0 bridgehead atoms. The Morgan fingerprint density at radius 1 is 1.17 bits per heavy atom. The number of hydrogen-bond donors (Lipinski definition) is 1. The van der Waals surface area contributed by atoms with Gasteiger partial charge in [-0.15, -0.1) is 0 Å². The van der Waals surface area contributed by atoms with E-state index in [1.807, 2.05) is 25.1 Å². The number of nitrogens with zero attached hydrogens (tertiary/aromatic N) is 3. The lowest BCUT2D eigenvalue weighted by Crippen LogP contribution is -2.05. The Balaban J connectivity index is 2.80. The van der Waals surface area contributed by atoms with E-state index in [2.05, 4.69) is 4.98 Å². The second-order valence-corrected chi connectivity index (χ2v) is 4.70. The topological polar surface area (TPSA) is 105 Å². The van der Waals surface area contributed by atoms with E-state index in [0.29, 0.717) is 23.5 Å². The van der Waals surface area contributed by atoms with Crippen molar-refractivity contribution in [3.05, 3.63) is 35.4 Å². The van der Waals surface area contributed by atoms with Gasteiger partial charge < -0.3 is 15.2 Å². The van der Waals surface area contributed by atoms with Crippen LogP contribution >= 0.6 is 0 Å². The maximum atomic E-state index is 9.51. The molecule has 1 aromatic heterocycles. The zero-order valence-corrected chi connectivity index (χ0v) is 13.0. The summed E-state index contributed by atoms with van der Waals surface area (Å²) in [6.07, 6.45) is 0.840. The van der Waals surface area contributed by atoms with Gasteiger partial charge in [0.1, 0.15) is 34.8 Å². The Hall–Kier alpha value is -3.25. The van der Waals surface area contributed by atoms with E-state index in [1.54, 1.807) is 18.2 Å². The fraction of sp³-hybridized carbons (Fsp3) is 0.235. The van der Waals surface area contributed by atoms with E-state index in [9.17, 15) is 10.5 Å². The predicted molar refractivity (Wildman–Crippen MR) is 85.9 cm³/mol. The van der Waals surface area contributed by atoms with Crippen LogP contribution in [0.1, 0.15) is 24.5 Å². The second-order valence-electron chi connectivity index (χ2n) is 4.70. The maximum Gasteiger partial charge on any atom is 0.234 e. The molecule has 0 atom stereocenters. The smallest absolute Gasteiger partial charge is 0.234 e. The maximum absolute atomic E-state index is 9.51. The summed E-state index contributed by atoms with van der Waals surface area (Å²) in [5.41, 5.74) is 7.14. The van der Waals surface area contributed by atoms with Gasteiger partial charge in [-0.25, -0.2) is 0 Å². The summed E-state index contributed by atoms with van der Waals surface area (Å²) in [6.45, 7) is 2.52. The molecule has 0 aliphatic rings. The van der Waals surface area contributed by atoms with Gasteiger partial charge in [-0.05, 0) is 12.5 Å². The minimum Gasteiger partial charge on any atom is -0.493 e. The van der Waals surface area contributed by atoms with Crippen LogP contribution in [0.5, 0.6) is 11.6 Å². The van der Waals surface area contributed by atoms with Gasteiger partial charge in [0.15, 0.2) is 0 Å². The van der Waals surface area contributed by atoms with Crippen LogP contribution in [-0.2, 0) is 0 Å². The third-order valence-corrected chi connectivity index (χ3v) is 3.23. The number of anilines is 1. The van der Waals surface area contributed by atoms with Gasteiger partial charge in [-0.1, -0.05) is 25.1 Å². The highest BCUT2D eigenvalue weighted by molar-refractivity contribution is 5.85. The van der Waals surface area contributed by atoms with Gasteiger partial charge in [0.05, 0.1) is 13.7 Å². The zero-order chi connectivity index (χ0) is 16.8. The van der Waals surface area contributed by atoms with Gasteiger partial charge >= 0.3 is 0 Å². The minimum atomic E-state index is 0.0173. The number of methoxy groups -OCH3 is 1. The number of hydrogen-bond acceptors (Lipinski definition) is 6. The van der Waals surface area contributed by atoms with Crippen molar-refractivity contribution in [1.82, 2.24) is 4.98 Å². The van der Waals surface area contributed by atoms with Crippen molar-refractivity contribution in [3.8, 4) is 34.9 Å². The number of aromatic nitrogens is 1. The van der Waals surface area contributed by atoms with E-state index in [1.165, 1.54) is 7.11 Å². The molecule has 2 N–H and O–H groups in total. The Labute approximate surface area is 134 Å². The van der Waals surface area contributed by atoms with E-state index in [4.69, 9.17) is 15.2 Å². The zero-order valence-electron chi connectivity index (χ0n) is 13.0. The number of nitrogen functional groups attached to an aromatic ring is 1. The van der Waals surface area contributed by atoms with Gasteiger partial charge in [0.25, 0.3) is 0 Å². The average molecular weight is 308 g/mol. The highest BCUT2D eigenvalue weighted by Crippen LogP contribution is 2.39. The summed E-state index contributed by atoms with van der Waals surface area (Å²) >= 11 is 0. The van der Waals surface area contributed by atoms with Crippen LogP contribution in [-0.4, -0.2) is 18.7 Å². The molecular formula is C17H16N4O2. The SMILES string of the molecule is CCCOc1ccccc1-c1c(C#N)c(N)nc(OC)c1C#N. The monoisotopic (exact) mass is 308 g/mol. The van der Waals surface area contributed by atoms with Gasteiger partial charge in [0, 0.05) is 11.1 Å². The molecule has 1 aromatic carbocycles. The summed E-state index contributed by atoms with van der Waals surface area (Å²) < 4.78 is 10.9. The summed E-state index contributed by atoms with van der Waals surface area (Å²) in [6, 6.07) is 11.3. The molecule has 2 rings (SSSR count). The summed E-state index contributed by atoms with van der Waals surface area (Å²) in [5.74, 6) is 0.683. The molecule has 1 heterocycles. The van der Waals surface area contributed by atoms with Crippen LogP contribution in [0.4, 0.5) is 5.82 Å². The lowest BCUT2D eigenvalue weighted by molar-refractivity contribution is 0.318. The first-order valence-corrected chi connectivity index (χ1v) is 7.07. The predicted octanol–water partition coefficient (Wildman–Crippen LogP) is 2.87. The van der Waals surface area contributed by atoms with Crippen LogP contribution in [0.25, 0.3) is 11.1 Å². The third kappa shape index (κ3) is 3.02. The van der Waals surface area contributed by atoms with Crippen molar-refractivity contribution in [3.63, 3.8) is 0 Å². The summed E-state index contributed by atoms with van der Waals surface area (Å²) in [5, 5.41) is 19.0. The number of para-hydroxylation sites is 1. The molecule has 0 aliphatic heterocycles. The molecule has 0 saturated heterocycles. The lowest BCUT2D eigenvalue weighted by Gasteiger charge is -2.15. The quantitative estimate of drug-likeness (QED) is 0.910. The number of nitrogens with two attached hydrogens (primary N) is 1. The van der Waals surface area contributed by atoms with Crippen molar-refractivity contribution in [2.45, 2.75) is 13.3 Å². The minimum absolute atomic E-state index is 0.0173. The van der Waals surface area contributed by atoms with Crippen molar-refractivity contribution in [2.24, 2.45) is 0 Å². The van der Waals surface area contributed by atoms with Crippen LogP contribution in [0.15, 0.2) is 24.3 Å². The van der Waals surface area contributed by atoms with Gasteiger partial charge in [0.2, 0.25) is 5.88 Å². The van der Waals surface area contributed by atoms with E-state index < -0.39 is 0 Å². The molecule has 0 saturated carbocycles. The first-order chi connectivity index (χ1) is 11.2. The first kappa shape index (κ1) is 16.1. The Bertz CT molecular complexity index is 803. The van der Waals surface area contributed by atoms with Gasteiger partial charge in [-0.2, -0.15) is 15.5 Å². The number of pyridine rings is 1. The normalized spacial score (nSPS) is 9.74. The standard InChI is InChI=1S/C17H16N4O2/c1-3-8-23-14-7-5-4-6-11(14)15-12(9-18)16(20)21-17(22-2)13(15)10-19/h4-7H,3,8H2,1-2H3,(H2,20,21). The molecule has 116 valence electrons. The molecule has 0 radical (unpaired) electrons. The van der Waals surface area contributed by atoms with Crippen LogP contribution in [0, 0.1) is 22.7 Å². The average Bonchev–Trinajstić information content (AvgIpc) is 2.59.